The largest absolute Gasteiger partial charge is 0.455 e. The Balaban J connectivity index is 0.998. The van der Waals surface area contributed by atoms with Crippen molar-refractivity contribution in [2.75, 3.05) is 51.0 Å². The van der Waals surface area contributed by atoms with E-state index in [2.05, 4.69) is 32.2 Å². The number of aromatic nitrogens is 2. The van der Waals surface area contributed by atoms with Gasteiger partial charge >= 0.3 is 0 Å². The third-order valence-electron chi connectivity index (χ3n) is 7.10. The third kappa shape index (κ3) is 6.48. The molecule has 11 heteroatoms. The minimum atomic E-state index is -0.214. The number of furan rings is 1. The Hall–Kier alpha value is -3.28. The summed E-state index contributed by atoms with van der Waals surface area (Å²) in [7, 11) is 0. The van der Waals surface area contributed by atoms with Gasteiger partial charge in [-0.1, -0.05) is 17.8 Å². The molecule has 0 radical (unpaired) electrons. The molecule has 206 valence electrons. The van der Waals surface area contributed by atoms with Gasteiger partial charge in [0.15, 0.2) is 22.4 Å². The van der Waals surface area contributed by atoms with E-state index in [9.17, 15) is 4.79 Å². The number of amides is 1. The summed E-state index contributed by atoms with van der Waals surface area (Å²) in [4.78, 5) is 26.6. The summed E-state index contributed by atoms with van der Waals surface area (Å²) in [5, 5.41) is 3.60. The lowest BCUT2D eigenvalue weighted by atomic mass is 10.1. The van der Waals surface area contributed by atoms with Crippen LogP contribution in [0.3, 0.4) is 0 Å². The lowest BCUT2D eigenvalue weighted by Crippen LogP contribution is -2.46. The molecule has 5 heterocycles. The van der Waals surface area contributed by atoms with Crippen LogP contribution < -0.4 is 19.7 Å². The van der Waals surface area contributed by atoms with Crippen molar-refractivity contribution >= 4 is 23.5 Å². The predicted octanol–water partition coefficient (Wildman–Crippen LogP) is 3.63. The number of nitrogens with zero attached hydrogens (tertiary/aromatic N) is 4. The zero-order valence-electron chi connectivity index (χ0n) is 22.1. The van der Waals surface area contributed by atoms with Crippen molar-refractivity contribution in [1.29, 1.82) is 0 Å². The van der Waals surface area contributed by atoms with Crippen LogP contribution in [0.25, 0.3) is 0 Å². The SMILES string of the molecule is Cc1cc(N2CCN(Cc3ccc4c(c3)OCO4)CC2)nc(SCc2ccc(C(=O)NC[C@@H]3CCCO3)o2)n1. The smallest absolute Gasteiger partial charge is 0.287 e. The van der Waals surface area contributed by atoms with Gasteiger partial charge in [0.1, 0.15) is 11.6 Å². The number of piperazine rings is 1. The van der Waals surface area contributed by atoms with Gasteiger partial charge in [-0.3, -0.25) is 9.69 Å². The van der Waals surface area contributed by atoms with Gasteiger partial charge in [-0.05, 0) is 49.6 Å². The third-order valence-corrected chi connectivity index (χ3v) is 7.97. The van der Waals surface area contributed by atoms with Crippen LogP contribution in [0.1, 0.15) is 40.4 Å². The second kappa shape index (κ2) is 11.8. The van der Waals surface area contributed by atoms with Crippen LogP contribution in [0.4, 0.5) is 5.82 Å². The maximum atomic E-state index is 12.4. The summed E-state index contributed by atoms with van der Waals surface area (Å²) >= 11 is 1.51. The molecule has 1 amide bonds. The number of ether oxygens (including phenoxy) is 3. The number of benzene rings is 1. The second-order valence-corrected chi connectivity index (χ2v) is 10.9. The minimum Gasteiger partial charge on any atom is -0.455 e. The number of carbonyl (C=O) groups is 1. The molecule has 10 nitrogen and oxygen atoms in total. The topological polar surface area (TPSA) is 102 Å². The van der Waals surface area contributed by atoms with E-state index in [1.54, 1.807) is 6.07 Å². The Morgan fingerprint density at radius 1 is 1.08 bits per heavy atom. The molecule has 2 saturated heterocycles. The normalized spacial score (nSPS) is 19.0. The maximum Gasteiger partial charge on any atom is 0.287 e. The Bertz CT molecular complexity index is 1300. The highest BCUT2D eigenvalue weighted by Gasteiger charge is 2.21. The van der Waals surface area contributed by atoms with E-state index in [0.29, 0.717) is 35.8 Å². The van der Waals surface area contributed by atoms with E-state index >= 15 is 0 Å². The van der Waals surface area contributed by atoms with Crippen molar-refractivity contribution in [1.82, 2.24) is 20.2 Å². The molecule has 1 atom stereocenters. The van der Waals surface area contributed by atoms with Crippen LogP contribution in [-0.4, -0.2) is 73.0 Å². The zero-order valence-corrected chi connectivity index (χ0v) is 22.9. The second-order valence-electron chi connectivity index (χ2n) is 10.0. The van der Waals surface area contributed by atoms with E-state index in [4.69, 9.17) is 23.6 Å². The van der Waals surface area contributed by atoms with Crippen molar-refractivity contribution in [3.63, 3.8) is 0 Å². The molecule has 1 N–H and O–H groups in total. The van der Waals surface area contributed by atoms with Gasteiger partial charge in [0, 0.05) is 57.6 Å². The van der Waals surface area contributed by atoms with Gasteiger partial charge < -0.3 is 28.8 Å². The Labute approximate surface area is 232 Å². The van der Waals surface area contributed by atoms with Crippen molar-refractivity contribution in [2.24, 2.45) is 0 Å². The fourth-order valence-corrected chi connectivity index (χ4v) is 5.79. The summed E-state index contributed by atoms with van der Waals surface area (Å²) in [6, 6.07) is 11.8. The van der Waals surface area contributed by atoms with Crippen molar-refractivity contribution in [3.8, 4) is 11.5 Å². The number of rotatable bonds is 9. The van der Waals surface area contributed by atoms with Crippen molar-refractivity contribution in [2.45, 2.75) is 43.3 Å². The quantitative estimate of drug-likeness (QED) is 0.313. The molecule has 3 aliphatic rings. The highest BCUT2D eigenvalue weighted by Crippen LogP contribution is 2.33. The first-order chi connectivity index (χ1) is 19.1. The van der Waals surface area contributed by atoms with E-state index in [1.165, 1.54) is 17.3 Å². The molecule has 0 aliphatic carbocycles. The number of hydrogen-bond donors (Lipinski definition) is 1. The molecule has 6 rings (SSSR count). The molecule has 3 aliphatic heterocycles. The van der Waals surface area contributed by atoms with Gasteiger partial charge in [-0.2, -0.15) is 0 Å². The Morgan fingerprint density at radius 3 is 2.79 bits per heavy atom. The number of carbonyl (C=O) groups excluding carboxylic acids is 1. The Morgan fingerprint density at radius 2 is 1.95 bits per heavy atom. The summed E-state index contributed by atoms with van der Waals surface area (Å²) in [6.07, 6.45) is 2.13. The number of aryl methyl sites for hydroxylation is 1. The summed E-state index contributed by atoms with van der Waals surface area (Å²) in [5.74, 6) is 3.95. The molecule has 0 bridgehead atoms. The van der Waals surface area contributed by atoms with Crippen LogP contribution >= 0.6 is 11.8 Å². The molecule has 0 unspecified atom stereocenters. The molecule has 39 heavy (non-hydrogen) atoms. The molecule has 0 spiro atoms. The highest BCUT2D eigenvalue weighted by molar-refractivity contribution is 7.98. The van der Waals surface area contributed by atoms with Crippen molar-refractivity contribution in [3.05, 3.63) is 59.2 Å². The van der Waals surface area contributed by atoms with E-state index in [0.717, 1.165) is 75.2 Å². The average Bonchev–Trinajstić information content (AvgIpc) is 3.73. The number of nitrogens with one attached hydrogen (secondary N) is 1. The molecular weight excluding hydrogens is 518 g/mol. The monoisotopic (exact) mass is 551 g/mol. The average molecular weight is 552 g/mol. The number of hydrogen-bond acceptors (Lipinski definition) is 10. The van der Waals surface area contributed by atoms with E-state index < -0.39 is 0 Å². The summed E-state index contributed by atoms with van der Waals surface area (Å²) < 4.78 is 22.3. The van der Waals surface area contributed by atoms with E-state index in [1.807, 2.05) is 25.1 Å². The van der Waals surface area contributed by atoms with Crippen LogP contribution in [-0.2, 0) is 17.0 Å². The van der Waals surface area contributed by atoms with Gasteiger partial charge in [-0.15, -0.1) is 0 Å². The van der Waals surface area contributed by atoms with Crippen LogP contribution in [0.15, 0.2) is 46.0 Å². The highest BCUT2D eigenvalue weighted by atomic mass is 32.2. The fraction of sp³-hybridized carbons (Fsp3) is 0.464. The maximum absolute atomic E-state index is 12.4. The van der Waals surface area contributed by atoms with Crippen molar-refractivity contribution < 1.29 is 23.4 Å². The first-order valence-electron chi connectivity index (χ1n) is 13.4. The summed E-state index contributed by atoms with van der Waals surface area (Å²) in [6.45, 7) is 8.14. The first kappa shape index (κ1) is 26.0. The van der Waals surface area contributed by atoms with E-state index in [-0.39, 0.29) is 12.0 Å². The van der Waals surface area contributed by atoms with Gasteiger partial charge in [-0.25, -0.2) is 9.97 Å². The standard InChI is InChI=1S/C28H33N5O5S/c1-19-13-26(33-10-8-32(9-11-33)16-20-4-6-23-25(14-20)37-18-36-23)31-28(30-19)39-17-22-5-7-24(38-22)27(34)29-15-21-3-2-12-35-21/h4-7,13-14,21H,2-3,8-12,15-18H2,1H3,(H,29,34)/t21-/m0/s1. The predicted molar refractivity (Wildman–Crippen MR) is 146 cm³/mol. The lowest BCUT2D eigenvalue weighted by Gasteiger charge is -2.35. The first-order valence-corrected chi connectivity index (χ1v) is 14.4. The van der Waals surface area contributed by atoms with Crippen LogP contribution in [0.2, 0.25) is 0 Å². The minimum absolute atomic E-state index is 0.102. The molecular formula is C28H33N5O5S. The zero-order chi connectivity index (χ0) is 26.6. The van der Waals surface area contributed by atoms with Gasteiger partial charge in [0.2, 0.25) is 6.79 Å². The van der Waals surface area contributed by atoms with Crippen LogP contribution in [0, 0.1) is 6.92 Å². The molecule has 2 aromatic heterocycles. The van der Waals surface area contributed by atoms with Crippen LogP contribution in [0.5, 0.6) is 11.5 Å². The summed E-state index contributed by atoms with van der Waals surface area (Å²) in [5.41, 5.74) is 2.16. The number of fused-ring (bicyclic) bond motifs is 1. The number of anilines is 1. The molecule has 2 fully saturated rings. The lowest BCUT2D eigenvalue weighted by molar-refractivity contribution is 0.0834. The number of thioether (sulfide) groups is 1. The molecule has 3 aromatic rings. The van der Waals surface area contributed by atoms with Gasteiger partial charge in [0.25, 0.3) is 5.91 Å². The Kier molecular flexibility index (Phi) is 7.89. The fourth-order valence-electron chi connectivity index (χ4n) is 5.00. The molecule has 1 aromatic carbocycles. The molecule has 0 saturated carbocycles. The van der Waals surface area contributed by atoms with Gasteiger partial charge in [0.05, 0.1) is 11.9 Å².